The number of hydrogen-bond acceptors (Lipinski definition) is 3. The first-order valence-electron chi connectivity index (χ1n) is 7.71. The Morgan fingerprint density at radius 1 is 1.00 bits per heavy atom. The van der Waals surface area contributed by atoms with Gasteiger partial charge in [0.25, 0.3) is 0 Å². The zero-order valence-electron chi connectivity index (χ0n) is 13.3. The minimum atomic E-state index is -0.362. The first kappa shape index (κ1) is 17.0. The van der Waals surface area contributed by atoms with Gasteiger partial charge in [0.15, 0.2) is 0 Å². The zero-order chi connectivity index (χ0) is 17.5. The van der Waals surface area contributed by atoms with Gasteiger partial charge in [0.1, 0.15) is 18.2 Å². The summed E-state index contributed by atoms with van der Waals surface area (Å²) in [6.07, 6.45) is 1.60. The van der Waals surface area contributed by atoms with Crippen LogP contribution in [0.2, 0.25) is 5.02 Å². The van der Waals surface area contributed by atoms with Crippen molar-refractivity contribution in [2.75, 3.05) is 5.43 Å². The molecule has 0 fully saturated rings. The maximum atomic E-state index is 13.6. The molecule has 1 N–H and O–H groups in total. The van der Waals surface area contributed by atoms with Gasteiger partial charge in [-0.25, -0.2) is 4.39 Å². The molecule has 0 bridgehead atoms. The SMILES string of the molecule is Fc1ccc(C=NNc2ccccc2)c(OCc2ccc(Cl)cc2)c1. The molecule has 0 unspecified atom stereocenters. The molecule has 0 heterocycles. The van der Waals surface area contributed by atoms with E-state index in [2.05, 4.69) is 10.5 Å². The standard InChI is InChI=1S/C20H16ClFN2O/c21-17-9-6-15(7-10-17)14-25-20-12-18(22)11-8-16(20)13-23-24-19-4-2-1-3-5-19/h1-13,24H,14H2. The zero-order valence-corrected chi connectivity index (χ0v) is 14.1. The summed E-state index contributed by atoms with van der Waals surface area (Å²) < 4.78 is 19.3. The fourth-order valence-corrected chi connectivity index (χ4v) is 2.30. The highest BCUT2D eigenvalue weighted by Gasteiger charge is 2.05. The maximum Gasteiger partial charge on any atom is 0.131 e. The Hall–Kier alpha value is -2.85. The number of ether oxygens (including phenoxy) is 1. The van der Waals surface area contributed by atoms with Crippen molar-refractivity contribution in [3.05, 3.63) is 94.8 Å². The minimum Gasteiger partial charge on any atom is -0.488 e. The van der Waals surface area contributed by atoms with Crippen LogP contribution in [0.15, 0.2) is 77.9 Å². The first-order chi connectivity index (χ1) is 12.2. The second-order valence-corrected chi connectivity index (χ2v) is 5.77. The van der Waals surface area contributed by atoms with Gasteiger partial charge in [0, 0.05) is 16.7 Å². The molecule has 25 heavy (non-hydrogen) atoms. The molecule has 0 aliphatic heterocycles. The van der Waals surface area contributed by atoms with E-state index in [1.54, 1.807) is 24.4 Å². The second kappa shape index (κ2) is 8.31. The Bertz CT molecular complexity index is 851. The lowest BCUT2D eigenvalue weighted by Crippen LogP contribution is -2.00. The van der Waals surface area contributed by atoms with Gasteiger partial charge >= 0.3 is 0 Å². The lowest BCUT2D eigenvalue weighted by Gasteiger charge is -2.09. The van der Waals surface area contributed by atoms with Crippen molar-refractivity contribution in [3.63, 3.8) is 0 Å². The van der Waals surface area contributed by atoms with Crippen LogP contribution in [0.4, 0.5) is 10.1 Å². The summed E-state index contributed by atoms with van der Waals surface area (Å²) in [5.41, 5.74) is 5.41. The monoisotopic (exact) mass is 354 g/mol. The molecule has 3 rings (SSSR count). The predicted octanol–water partition coefficient (Wildman–Crippen LogP) is 5.50. The third kappa shape index (κ3) is 5.06. The van der Waals surface area contributed by atoms with Crippen LogP contribution in [0, 0.1) is 5.82 Å². The average molecular weight is 355 g/mol. The van der Waals surface area contributed by atoms with E-state index in [0.29, 0.717) is 22.9 Å². The minimum absolute atomic E-state index is 0.313. The highest BCUT2D eigenvalue weighted by molar-refractivity contribution is 6.30. The number of nitrogens with one attached hydrogen (secondary N) is 1. The van der Waals surface area contributed by atoms with Crippen molar-refractivity contribution in [1.82, 2.24) is 0 Å². The summed E-state index contributed by atoms with van der Waals surface area (Å²) in [4.78, 5) is 0. The fourth-order valence-electron chi connectivity index (χ4n) is 2.17. The lowest BCUT2D eigenvalue weighted by atomic mass is 10.2. The van der Waals surface area contributed by atoms with Gasteiger partial charge in [-0.2, -0.15) is 5.10 Å². The molecule has 0 atom stereocenters. The van der Waals surface area contributed by atoms with Crippen molar-refractivity contribution >= 4 is 23.5 Å². The van der Waals surface area contributed by atoms with Crippen molar-refractivity contribution < 1.29 is 9.13 Å². The third-order valence-electron chi connectivity index (χ3n) is 3.45. The Morgan fingerprint density at radius 2 is 1.76 bits per heavy atom. The van der Waals surface area contributed by atoms with Crippen LogP contribution in [0.1, 0.15) is 11.1 Å². The summed E-state index contributed by atoms with van der Waals surface area (Å²) in [5, 5.41) is 4.84. The number of benzene rings is 3. The van der Waals surface area contributed by atoms with E-state index < -0.39 is 0 Å². The van der Waals surface area contributed by atoms with E-state index in [9.17, 15) is 4.39 Å². The number of para-hydroxylation sites is 1. The van der Waals surface area contributed by atoms with E-state index in [1.807, 2.05) is 42.5 Å². The molecule has 0 amide bonds. The van der Waals surface area contributed by atoms with E-state index in [-0.39, 0.29) is 5.82 Å². The van der Waals surface area contributed by atoms with Crippen LogP contribution in [-0.4, -0.2) is 6.21 Å². The molecular weight excluding hydrogens is 339 g/mol. The summed E-state index contributed by atoms with van der Waals surface area (Å²) in [7, 11) is 0. The quantitative estimate of drug-likeness (QED) is 0.468. The van der Waals surface area contributed by atoms with Gasteiger partial charge in [0.05, 0.1) is 11.9 Å². The highest BCUT2D eigenvalue weighted by atomic mass is 35.5. The molecule has 0 radical (unpaired) electrons. The van der Waals surface area contributed by atoms with E-state index >= 15 is 0 Å². The van der Waals surface area contributed by atoms with Crippen molar-refractivity contribution in [2.45, 2.75) is 6.61 Å². The first-order valence-corrected chi connectivity index (χ1v) is 8.09. The van der Waals surface area contributed by atoms with E-state index in [1.165, 1.54) is 12.1 Å². The molecule has 3 aromatic rings. The lowest BCUT2D eigenvalue weighted by molar-refractivity contribution is 0.304. The third-order valence-corrected chi connectivity index (χ3v) is 3.71. The van der Waals surface area contributed by atoms with Crippen LogP contribution >= 0.6 is 11.6 Å². The molecule has 3 nitrogen and oxygen atoms in total. The number of rotatable bonds is 6. The predicted molar refractivity (Wildman–Crippen MR) is 99.8 cm³/mol. The molecule has 0 saturated carbocycles. The molecule has 126 valence electrons. The van der Waals surface area contributed by atoms with Crippen molar-refractivity contribution in [3.8, 4) is 5.75 Å². The molecule has 0 aliphatic rings. The highest BCUT2D eigenvalue weighted by Crippen LogP contribution is 2.20. The Morgan fingerprint density at radius 3 is 2.52 bits per heavy atom. The summed E-state index contributed by atoms with van der Waals surface area (Å²) in [6, 6.07) is 21.2. The second-order valence-electron chi connectivity index (χ2n) is 5.33. The molecule has 5 heteroatoms. The molecule has 3 aromatic carbocycles. The topological polar surface area (TPSA) is 33.6 Å². The molecule has 0 aromatic heterocycles. The van der Waals surface area contributed by atoms with Gasteiger partial charge in [-0.1, -0.05) is 41.9 Å². The fraction of sp³-hybridized carbons (Fsp3) is 0.0500. The van der Waals surface area contributed by atoms with Crippen LogP contribution in [0.3, 0.4) is 0 Å². The van der Waals surface area contributed by atoms with Crippen LogP contribution in [0.5, 0.6) is 5.75 Å². The van der Waals surface area contributed by atoms with Crippen molar-refractivity contribution in [2.24, 2.45) is 5.10 Å². The Labute approximate surface area is 150 Å². The Kier molecular flexibility index (Phi) is 5.65. The summed E-state index contributed by atoms with van der Waals surface area (Å²) in [6.45, 7) is 0.313. The van der Waals surface area contributed by atoms with Gasteiger partial charge < -0.3 is 4.74 Å². The van der Waals surface area contributed by atoms with Gasteiger partial charge in [0.2, 0.25) is 0 Å². The van der Waals surface area contributed by atoms with Crippen LogP contribution < -0.4 is 10.2 Å². The smallest absolute Gasteiger partial charge is 0.131 e. The van der Waals surface area contributed by atoms with Gasteiger partial charge in [-0.05, 0) is 42.0 Å². The molecule has 0 aliphatic carbocycles. The average Bonchev–Trinajstić information content (AvgIpc) is 2.64. The normalized spacial score (nSPS) is 10.8. The van der Waals surface area contributed by atoms with Crippen LogP contribution in [0.25, 0.3) is 0 Å². The number of hydrogen-bond donors (Lipinski definition) is 1. The maximum absolute atomic E-state index is 13.6. The van der Waals surface area contributed by atoms with E-state index in [4.69, 9.17) is 16.3 Å². The molecule has 0 spiro atoms. The van der Waals surface area contributed by atoms with E-state index in [0.717, 1.165) is 11.3 Å². The number of nitrogens with zero attached hydrogens (tertiary/aromatic N) is 1. The number of hydrazone groups is 1. The number of anilines is 1. The summed E-state index contributed by atoms with van der Waals surface area (Å²) >= 11 is 5.87. The molecular formula is C20H16ClFN2O. The van der Waals surface area contributed by atoms with Crippen LogP contribution in [-0.2, 0) is 6.61 Å². The van der Waals surface area contributed by atoms with Gasteiger partial charge in [-0.3, -0.25) is 5.43 Å². The molecule has 0 saturated heterocycles. The Balaban J connectivity index is 1.70. The van der Waals surface area contributed by atoms with Gasteiger partial charge in [-0.15, -0.1) is 0 Å². The summed E-state index contributed by atoms with van der Waals surface area (Å²) in [5.74, 6) is 0.0628. The van der Waals surface area contributed by atoms with Crippen molar-refractivity contribution in [1.29, 1.82) is 0 Å². The number of halogens is 2. The largest absolute Gasteiger partial charge is 0.488 e.